The Morgan fingerprint density at radius 1 is 0.939 bits per heavy atom. The molecule has 3 aromatic rings. The summed E-state index contributed by atoms with van der Waals surface area (Å²) < 4.78 is 33.0. The normalized spacial score (nSPS) is 10.8. The van der Waals surface area contributed by atoms with Crippen molar-refractivity contribution in [3.63, 3.8) is 0 Å². The van der Waals surface area contributed by atoms with E-state index in [0.29, 0.717) is 12.2 Å². The lowest BCUT2D eigenvalue weighted by Crippen LogP contribution is -2.41. The SMILES string of the molecule is COc1ccccc1CCC(=O)NNC(=O)c1cccc(S(=O)(=O)Nc2ccccc2Cl)c1. The van der Waals surface area contributed by atoms with Crippen LogP contribution >= 0.6 is 11.6 Å². The van der Waals surface area contributed by atoms with Crippen molar-refractivity contribution in [2.75, 3.05) is 11.8 Å². The number of para-hydroxylation sites is 2. The molecule has 0 atom stereocenters. The van der Waals surface area contributed by atoms with Crippen molar-refractivity contribution in [3.8, 4) is 5.75 Å². The molecule has 0 aliphatic rings. The Bertz CT molecular complexity index is 1260. The van der Waals surface area contributed by atoms with Gasteiger partial charge in [0.2, 0.25) is 5.91 Å². The molecule has 8 nitrogen and oxygen atoms in total. The van der Waals surface area contributed by atoms with E-state index in [1.807, 2.05) is 18.2 Å². The van der Waals surface area contributed by atoms with Crippen molar-refractivity contribution in [2.24, 2.45) is 0 Å². The number of benzene rings is 3. The minimum atomic E-state index is -3.98. The number of aryl methyl sites for hydroxylation is 1. The van der Waals surface area contributed by atoms with Crippen LogP contribution in [-0.4, -0.2) is 27.3 Å². The number of anilines is 1. The topological polar surface area (TPSA) is 114 Å². The van der Waals surface area contributed by atoms with Gasteiger partial charge in [0.05, 0.1) is 22.7 Å². The fraction of sp³-hybridized carbons (Fsp3) is 0.130. The van der Waals surface area contributed by atoms with E-state index in [9.17, 15) is 18.0 Å². The smallest absolute Gasteiger partial charge is 0.269 e. The zero-order valence-electron chi connectivity index (χ0n) is 17.7. The van der Waals surface area contributed by atoms with E-state index in [-0.39, 0.29) is 27.6 Å². The van der Waals surface area contributed by atoms with Crippen LogP contribution in [0.3, 0.4) is 0 Å². The quantitative estimate of drug-likeness (QED) is 0.420. The van der Waals surface area contributed by atoms with Gasteiger partial charge in [-0.2, -0.15) is 0 Å². The number of sulfonamides is 1. The molecule has 3 rings (SSSR count). The van der Waals surface area contributed by atoms with Gasteiger partial charge >= 0.3 is 0 Å². The molecule has 0 unspecified atom stereocenters. The summed E-state index contributed by atoms with van der Waals surface area (Å²) in [5.41, 5.74) is 5.77. The number of hydrogen-bond acceptors (Lipinski definition) is 5. The first-order valence-electron chi connectivity index (χ1n) is 9.88. The number of methoxy groups -OCH3 is 1. The fourth-order valence-corrected chi connectivity index (χ4v) is 4.34. The third-order valence-electron chi connectivity index (χ3n) is 4.65. The van der Waals surface area contributed by atoms with Crippen LogP contribution in [0.15, 0.2) is 77.7 Å². The Balaban J connectivity index is 1.60. The summed E-state index contributed by atoms with van der Waals surface area (Å²) in [6.07, 6.45) is 0.546. The van der Waals surface area contributed by atoms with Gasteiger partial charge in [0.15, 0.2) is 0 Å². The highest BCUT2D eigenvalue weighted by Crippen LogP contribution is 2.24. The van der Waals surface area contributed by atoms with E-state index < -0.39 is 21.8 Å². The first-order valence-corrected chi connectivity index (χ1v) is 11.7. The van der Waals surface area contributed by atoms with Crippen molar-refractivity contribution >= 4 is 39.1 Å². The van der Waals surface area contributed by atoms with Gasteiger partial charge in [-0.15, -0.1) is 0 Å². The molecule has 0 bridgehead atoms. The van der Waals surface area contributed by atoms with E-state index in [4.69, 9.17) is 16.3 Å². The van der Waals surface area contributed by atoms with Crippen LogP contribution in [-0.2, 0) is 21.2 Å². The number of ether oxygens (including phenoxy) is 1. The number of carbonyl (C=O) groups excluding carboxylic acids is 2. The number of rotatable bonds is 8. The molecule has 0 spiro atoms. The molecule has 0 saturated carbocycles. The number of hydrogen-bond donors (Lipinski definition) is 3. The van der Waals surface area contributed by atoms with Gasteiger partial charge in [-0.1, -0.05) is 48.0 Å². The van der Waals surface area contributed by atoms with Gasteiger partial charge in [0.1, 0.15) is 5.75 Å². The summed E-state index contributed by atoms with van der Waals surface area (Å²) in [6.45, 7) is 0. The Hall–Kier alpha value is -3.56. The van der Waals surface area contributed by atoms with Crippen LogP contribution in [0.4, 0.5) is 5.69 Å². The largest absolute Gasteiger partial charge is 0.496 e. The highest BCUT2D eigenvalue weighted by atomic mass is 35.5. The van der Waals surface area contributed by atoms with Crippen molar-refractivity contribution in [1.82, 2.24) is 10.9 Å². The van der Waals surface area contributed by atoms with Gasteiger partial charge < -0.3 is 4.74 Å². The number of nitrogens with one attached hydrogen (secondary N) is 3. The molecule has 0 heterocycles. The Morgan fingerprint density at radius 2 is 1.67 bits per heavy atom. The van der Waals surface area contributed by atoms with Gasteiger partial charge in [0, 0.05) is 12.0 Å². The first-order chi connectivity index (χ1) is 15.8. The summed E-state index contributed by atoms with van der Waals surface area (Å²) in [6, 6.07) is 19.2. The molecule has 3 aromatic carbocycles. The van der Waals surface area contributed by atoms with Gasteiger partial charge in [0.25, 0.3) is 15.9 Å². The number of hydrazine groups is 1. The van der Waals surface area contributed by atoms with E-state index >= 15 is 0 Å². The minimum Gasteiger partial charge on any atom is -0.496 e. The van der Waals surface area contributed by atoms with Crippen LogP contribution in [0, 0.1) is 0 Å². The molecule has 0 aliphatic heterocycles. The summed E-state index contributed by atoms with van der Waals surface area (Å²) >= 11 is 6.01. The lowest BCUT2D eigenvalue weighted by molar-refractivity contribution is -0.121. The average Bonchev–Trinajstić information content (AvgIpc) is 2.82. The molecule has 33 heavy (non-hydrogen) atoms. The molecule has 0 saturated heterocycles. The maximum atomic E-state index is 12.7. The van der Waals surface area contributed by atoms with E-state index in [1.54, 1.807) is 31.4 Å². The Labute approximate surface area is 196 Å². The average molecular weight is 488 g/mol. The van der Waals surface area contributed by atoms with Crippen LogP contribution in [0.25, 0.3) is 0 Å². The molecule has 0 radical (unpaired) electrons. The summed E-state index contributed by atoms with van der Waals surface area (Å²) in [5, 5.41) is 0.241. The zero-order valence-corrected chi connectivity index (χ0v) is 19.2. The molecule has 172 valence electrons. The number of carbonyl (C=O) groups is 2. The summed E-state index contributed by atoms with van der Waals surface area (Å²) in [7, 11) is -2.43. The van der Waals surface area contributed by atoms with Gasteiger partial charge in [-0.05, 0) is 48.4 Å². The highest BCUT2D eigenvalue weighted by Gasteiger charge is 2.18. The van der Waals surface area contributed by atoms with Crippen LogP contribution in [0.1, 0.15) is 22.3 Å². The van der Waals surface area contributed by atoms with Crippen LogP contribution in [0.5, 0.6) is 5.75 Å². The molecule has 2 amide bonds. The first kappa shape index (κ1) is 24.1. The van der Waals surface area contributed by atoms with E-state index in [2.05, 4.69) is 15.6 Å². The predicted molar refractivity (Wildman–Crippen MR) is 126 cm³/mol. The number of amides is 2. The van der Waals surface area contributed by atoms with Crippen molar-refractivity contribution in [3.05, 3.63) is 88.9 Å². The third-order valence-corrected chi connectivity index (χ3v) is 6.35. The molecule has 0 aliphatic carbocycles. The van der Waals surface area contributed by atoms with Crippen LogP contribution in [0.2, 0.25) is 5.02 Å². The lowest BCUT2D eigenvalue weighted by atomic mass is 10.1. The van der Waals surface area contributed by atoms with Crippen molar-refractivity contribution in [2.45, 2.75) is 17.7 Å². The number of halogens is 1. The van der Waals surface area contributed by atoms with E-state index in [1.165, 1.54) is 30.3 Å². The summed E-state index contributed by atoms with van der Waals surface area (Å²) in [4.78, 5) is 24.4. The molecule has 0 aromatic heterocycles. The monoisotopic (exact) mass is 487 g/mol. The van der Waals surface area contributed by atoms with Crippen LogP contribution < -0.4 is 20.3 Å². The molecule has 0 fully saturated rings. The van der Waals surface area contributed by atoms with E-state index in [0.717, 1.165) is 5.56 Å². The second-order valence-electron chi connectivity index (χ2n) is 6.93. The van der Waals surface area contributed by atoms with Gasteiger partial charge in [-0.3, -0.25) is 25.2 Å². The Morgan fingerprint density at radius 3 is 2.42 bits per heavy atom. The lowest BCUT2D eigenvalue weighted by Gasteiger charge is -2.11. The van der Waals surface area contributed by atoms with Gasteiger partial charge in [-0.25, -0.2) is 8.42 Å². The molecule has 3 N–H and O–H groups in total. The molecular weight excluding hydrogens is 466 g/mol. The standard InChI is InChI=1S/C23H22ClN3O5S/c1-32-21-12-5-2-7-16(21)13-14-22(28)25-26-23(29)17-8-6-9-18(15-17)33(30,31)27-20-11-4-3-10-19(20)24/h2-12,15,27H,13-14H2,1H3,(H,25,28)(H,26,29). The van der Waals surface area contributed by atoms with Crippen molar-refractivity contribution < 1.29 is 22.7 Å². The summed E-state index contributed by atoms with van der Waals surface area (Å²) in [5.74, 6) is -0.383. The third kappa shape index (κ3) is 6.47. The maximum Gasteiger partial charge on any atom is 0.269 e. The predicted octanol–water partition coefficient (Wildman–Crippen LogP) is 3.54. The second-order valence-corrected chi connectivity index (χ2v) is 9.02. The van der Waals surface area contributed by atoms with Crippen molar-refractivity contribution in [1.29, 1.82) is 0 Å². The second kappa shape index (κ2) is 10.8. The zero-order chi connectivity index (χ0) is 23.8. The minimum absolute atomic E-state index is 0.0575. The maximum absolute atomic E-state index is 12.7. The molecule has 10 heteroatoms. The highest BCUT2D eigenvalue weighted by molar-refractivity contribution is 7.92. The fourth-order valence-electron chi connectivity index (χ4n) is 2.97. The Kier molecular flexibility index (Phi) is 7.92. The molecular formula is C23H22ClN3O5S.